The zero-order valence-corrected chi connectivity index (χ0v) is 48.2. The second kappa shape index (κ2) is 25.1. The van der Waals surface area contributed by atoms with Crippen LogP contribution < -0.4 is 24.9 Å². The van der Waals surface area contributed by atoms with Crippen molar-refractivity contribution in [2.45, 2.75) is 105 Å². The first-order valence-corrected chi connectivity index (χ1v) is 27.5. The van der Waals surface area contributed by atoms with Gasteiger partial charge in [0.2, 0.25) is 0 Å². The highest BCUT2D eigenvalue weighted by Crippen LogP contribution is 2.36. The number of halogens is 3. The van der Waals surface area contributed by atoms with Crippen LogP contribution in [0.4, 0.5) is 32.3 Å². The van der Waals surface area contributed by atoms with Gasteiger partial charge in [0.1, 0.15) is 25.4 Å². The van der Waals surface area contributed by atoms with Gasteiger partial charge in [-0.05, 0) is 136 Å². The molecule has 4 fully saturated rings. The minimum Gasteiger partial charge on any atom is -0.443 e. The van der Waals surface area contributed by atoms with Crippen molar-refractivity contribution in [2.24, 2.45) is 10.8 Å². The van der Waals surface area contributed by atoms with Gasteiger partial charge in [-0.1, -0.05) is 64.7 Å². The van der Waals surface area contributed by atoms with E-state index in [-0.39, 0.29) is 66.0 Å². The van der Waals surface area contributed by atoms with Gasteiger partial charge in [-0.15, -0.1) is 22.7 Å². The van der Waals surface area contributed by atoms with Crippen molar-refractivity contribution in [1.29, 1.82) is 0 Å². The van der Waals surface area contributed by atoms with Crippen molar-refractivity contribution in [3.8, 4) is 0 Å². The first kappa shape index (κ1) is 59.5. The van der Waals surface area contributed by atoms with Gasteiger partial charge in [-0.2, -0.15) is 0 Å². The first-order valence-electron chi connectivity index (χ1n) is 24.8. The van der Waals surface area contributed by atoms with E-state index in [1.807, 2.05) is 67.3 Å². The van der Waals surface area contributed by atoms with Crippen LogP contribution in [0.25, 0.3) is 0 Å². The molecule has 0 spiro atoms. The van der Waals surface area contributed by atoms with Gasteiger partial charge in [0.05, 0.1) is 51.3 Å². The lowest BCUT2D eigenvalue weighted by molar-refractivity contribution is -0.126. The minimum atomic E-state index is -0.494. The van der Waals surface area contributed by atoms with E-state index in [1.54, 1.807) is 43.9 Å². The van der Waals surface area contributed by atoms with E-state index in [2.05, 4.69) is 60.7 Å². The summed E-state index contributed by atoms with van der Waals surface area (Å²) >= 11 is 19.2. The Balaban J connectivity index is 0.000000213. The van der Waals surface area contributed by atoms with E-state index in [4.69, 9.17) is 53.8 Å². The molecule has 4 aliphatic rings. The SMILES string of the molecule is CC(C)(C)CC(C)(C)N(C[C@H]1CN(c2ccc(N3CCOCC3=O)cc2)C(=O)O1)C(=O)c1ccc(Cl)s1.CC(C)(C)CC(C)(C)NC[C@H]1CN(c2ccc(N3CCOCC3=O)cc2)C(=O)O1.O=C(Cl)c1ccc(Cl)s1. The molecule has 4 aliphatic heterocycles. The summed E-state index contributed by atoms with van der Waals surface area (Å²) in [5, 5.41) is 3.10. The summed E-state index contributed by atoms with van der Waals surface area (Å²) < 4.78 is 22.8. The Bertz CT molecular complexity index is 2650. The normalized spacial score (nSPS) is 18.5. The van der Waals surface area contributed by atoms with Crippen molar-refractivity contribution in [3.05, 3.63) is 91.2 Å². The third-order valence-electron chi connectivity index (χ3n) is 12.3. The number of cyclic esters (lactones) is 2. The van der Waals surface area contributed by atoms with Gasteiger partial charge in [0.15, 0.2) is 0 Å². The van der Waals surface area contributed by atoms with Gasteiger partial charge >= 0.3 is 12.2 Å². The standard InChI is InChI=1S/C27H34ClN3O5S.C22H33N3O4.C5H2Cl2OS/c1-26(2,3)17-27(4,5)31(24(33)21-10-11-22(28)37-21)15-20-14-30(25(34)36-20)19-8-6-18(7-9-19)29-12-13-35-16-23(29)32;1-21(2,3)15-22(4,5)23-12-18-13-25(20(27)29-18)17-8-6-16(7-9-17)24-10-11-28-14-19(24)26;6-4-2-1-3(9-4)5(7)8/h6-11,20H,12-17H2,1-5H3;6-9,18,23H,10-15H2,1-5H3;1-2H/t20-;18-;/m10./s1. The largest absolute Gasteiger partial charge is 0.443 e. The molecule has 0 saturated carbocycles. The Morgan fingerprint density at radius 1 is 0.600 bits per heavy atom. The fourth-order valence-electron chi connectivity index (χ4n) is 9.84. The highest BCUT2D eigenvalue weighted by atomic mass is 35.5. The summed E-state index contributed by atoms with van der Waals surface area (Å²) in [7, 11) is 0. The van der Waals surface area contributed by atoms with Crippen LogP contribution in [-0.2, 0) is 28.5 Å². The molecule has 5 amide bonds. The summed E-state index contributed by atoms with van der Waals surface area (Å²) in [6.07, 6.45) is 0.304. The number of ether oxygens (including phenoxy) is 4. The first-order chi connectivity index (χ1) is 35.1. The van der Waals surface area contributed by atoms with E-state index < -0.39 is 23.0 Å². The number of carbonyl (C=O) groups is 6. The fourth-order valence-corrected chi connectivity index (χ4v) is 11.9. The molecule has 4 aromatic rings. The van der Waals surface area contributed by atoms with Crippen LogP contribution in [0.5, 0.6) is 0 Å². The molecule has 16 nitrogen and oxygen atoms in total. The number of amides is 5. The Labute approximate surface area is 463 Å². The number of thiophene rings is 2. The number of hydrogen-bond donors (Lipinski definition) is 1. The zero-order valence-electron chi connectivity index (χ0n) is 44.3. The number of nitrogens with one attached hydrogen (secondary N) is 1. The third kappa shape index (κ3) is 17.1. The number of nitrogens with zero attached hydrogens (tertiary/aromatic N) is 5. The molecule has 0 bridgehead atoms. The second-order valence-corrected chi connectivity index (χ2v) is 26.2. The monoisotopic (exact) mass is 1130 g/mol. The molecule has 8 rings (SSSR count). The molecule has 0 unspecified atom stereocenters. The number of benzene rings is 2. The maximum Gasteiger partial charge on any atom is 0.414 e. The number of carbonyl (C=O) groups excluding carboxylic acids is 6. The number of anilines is 4. The van der Waals surface area contributed by atoms with Crippen molar-refractivity contribution in [1.82, 2.24) is 10.2 Å². The zero-order chi connectivity index (χ0) is 55.0. The average molecular weight is 1130 g/mol. The van der Waals surface area contributed by atoms with Crippen molar-refractivity contribution >= 4 is 115 Å². The molecule has 2 aromatic carbocycles. The molecule has 6 heterocycles. The van der Waals surface area contributed by atoms with Crippen LogP contribution in [0, 0.1) is 10.8 Å². The Morgan fingerprint density at radius 3 is 1.40 bits per heavy atom. The maximum atomic E-state index is 13.6. The molecule has 0 aliphatic carbocycles. The minimum absolute atomic E-state index is 0.0167. The molecule has 4 saturated heterocycles. The van der Waals surface area contributed by atoms with E-state index >= 15 is 0 Å². The average Bonchev–Trinajstić information content (AvgIpc) is 4.14. The Kier molecular flexibility index (Phi) is 19.9. The summed E-state index contributed by atoms with van der Waals surface area (Å²) in [6.45, 7) is 25.5. The number of hydrogen-bond acceptors (Lipinski definition) is 13. The molecular formula is C54H69Cl3N6O10S2. The molecule has 408 valence electrons. The van der Waals surface area contributed by atoms with Gasteiger partial charge in [0, 0.05) is 53.5 Å². The smallest absolute Gasteiger partial charge is 0.414 e. The highest BCUT2D eigenvalue weighted by molar-refractivity contribution is 7.19. The lowest BCUT2D eigenvalue weighted by Crippen LogP contribution is -2.52. The molecular weight excluding hydrogens is 1060 g/mol. The topological polar surface area (TPSA) is 168 Å². The summed E-state index contributed by atoms with van der Waals surface area (Å²) in [5.41, 5.74) is 2.70. The van der Waals surface area contributed by atoms with Gasteiger partial charge in [0.25, 0.3) is 23.0 Å². The van der Waals surface area contributed by atoms with Crippen LogP contribution in [0.3, 0.4) is 0 Å². The third-order valence-corrected chi connectivity index (χ3v) is 15.1. The lowest BCUT2D eigenvalue weighted by atomic mass is 9.80. The van der Waals surface area contributed by atoms with Crippen molar-refractivity contribution in [3.63, 3.8) is 0 Å². The van der Waals surface area contributed by atoms with Crippen molar-refractivity contribution in [2.75, 3.05) is 85.3 Å². The molecule has 75 heavy (non-hydrogen) atoms. The fraction of sp³-hybridized carbons (Fsp3) is 0.519. The quantitative estimate of drug-likeness (QED) is 0.119. The number of morpholine rings is 2. The van der Waals surface area contributed by atoms with Gasteiger partial charge in [-0.3, -0.25) is 29.0 Å². The Hall–Kier alpha value is -4.79. The summed E-state index contributed by atoms with van der Waals surface area (Å²) in [5.74, 6) is -0.261. The van der Waals surface area contributed by atoms with Crippen LogP contribution in [0.1, 0.15) is 101 Å². The van der Waals surface area contributed by atoms with E-state index in [0.29, 0.717) is 70.1 Å². The van der Waals surface area contributed by atoms with Gasteiger partial charge < -0.3 is 39.0 Å². The number of rotatable bonds is 14. The maximum absolute atomic E-state index is 13.6. The lowest BCUT2D eigenvalue weighted by Gasteiger charge is -2.43. The predicted molar refractivity (Wildman–Crippen MR) is 299 cm³/mol. The molecule has 0 radical (unpaired) electrons. The van der Waals surface area contributed by atoms with Crippen LogP contribution >= 0.6 is 57.5 Å². The Morgan fingerprint density at radius 2 is 1.01 bits per heavy atom. The molecule has 1 N–H and O–H groups in total. The van der Waals surface area contributed by atoms with E-state index in [0.717, 1.165) is 29.9 Å². The van der Waals surface area contributed by atoms with E-state index in [9.17, 15) is 28.8 Å². The molecule has 2 atom stereocenters. The molecule has 21 heteroatoms. The van der Waals surface area contributed by atoms with Crippen molar-refractivity contribution < 1.29 is 47.7 Å². The summed E-state index contributed by atoms with van der Waals surface area (Å²) in [4.78, 5) is 82.8. The summed E-state index contributed by atoms with van der Waals surface area (Å²) in [6, 6.07) is 21.4. The van der Waals surface area contributed by atoms with Crippen LogP contribution in [-0.4, -0.2) is 129 Å². The van der Waals surface area contributed by atoms with Gasteiger partial charge in [-0.25, -0.2) is 9.59 Å². The predicted octanol–water partition coefficient (Wildman–Crippen LogP) is 11.4. The molecule has 2 aromatic heterocycles. The highest BCUT2D eigenvalue weighted by Gasteiger charge is 2.41. The van der Waals surface area contributed by atoms with E-state index in [1.165, 1.54) is 22.7 Å². The second-order valence-electron chi connectivity index (χ2n) is 22.4. The van der Waals surface area contributed by atoms with Crippen LogP contribution in [0.2, 0.25) is 8.67 Å². The van der Waals surface area contributed by atoms with Crippen LogP contribution in [0.15, 0.2) is 72.8 Å².